The van der Waals surface area contributed by atoms with Crippen molar-refractivity contribution in [1.29, 1.82) is 0 Å². The summed E-state index contributed by atoms with van der Waals surface area (Å²) in [6, 6.07) is 3.37. The molecule has 1 aromatic rings. The van der Waals surface area contributed by atoms with Gasteiger partial charge in [0.25, 0.3) is 0 Å². The molecule has 1 atom stereocenters. The van der Waals surface area contributed by atoms with Gasteiger partial charge in [0.15, 0.2) is 11.5 Å². The van der Waals surface area contributed by atoms with Crippen molar-refractivity contribution in [3.63, 3.8) is 0 Å². The van der Waals surface area contributed by atoms with Gasteiger partial charge in [0, 0.05) is 37.8 Å². The standard InChI is InChI=1S/C16H24N2O3/c19-13-6-5-12(15(20)16(13)21)14(11-3-1-2-4-11)18-9-7-17-8-10-18/h5-6,11,14,17,19-21H,1-4,7-10H2/t14-/m0/s1. The predicted octanol–water partition coefficient (Wildman–Crippen LogP) is 1.94. The highest BCUT2D eigenvalue weighted by atomic mass is 16.3. The number of phenolic OH excluding ortho intramolecular Hbond substituents is 3. The minimum atomic E-state index is -0.398. The van der Waals surface area contributed by atoms with E-state index < -0.39 is 5.75 Å². The molecule has 0 amide bonds. The average Bonchev–Trinajstić information content (AvgIpc) is 3.03. The SMILES string of the molecule is Oc1ccc([C@H](C2CCCC2)N2CCNCC2)c(O)c1O. The van der Waals surface area contributed by atoms with Crippen LogP contribution in [0.15, 0.2) is 12.1 Å². The van der Waals surface area contributed by atoms with Crippen molar-refractivity contribution in [2.45, 2.75) is 31.7 Å². The van der Waals surface area contributed by atoms with Crippen LogP contribution >= 0.6 is 0 Å². The zero-order valence-electron chi connectivity index (χ0n) is 12.3. The molecule has 0 bridgehead atoms. The molecular weight excluding hydrogens is 268 g/mol. The highest BCUT2D eigenvalue weighted by Crippen LogP contribution is 2.47. The summed E-state index contributed by atoms with van der Waals surface area (Å²) in [4.78, 5) is 2.40. The van der Waals surface area contributed by atoms with Gasteiger partial charge < -0.3 is 20.6 Å². The first-order valence-corrected chi connectivity index (χ1v) is 7.87. The molecule has 2 aliphatic rings. The number of rotatable bonds is 3. The molecule has 3 rings (SSSR count). The highest BCUT2D eigenvalue weighted by molar-refractivity contribution is 5.54. The van der Waals surface area contributed by atoms with Gasteiger partial charge in [-0.2, -0.15) is 0 Å². The summed E-state index contributed by atoms with van der Waals surface area (Å²) in [5.74, 6) is -0.310. The Bertz CT molecular complexity index is 495. The molecule has 5 heteroatoms. The second kappa shape index (κ2) is 6.12. The number of piperazine rings is 1. The molecule has 0 aromatic heterocycles. The van der Waals surface area contributed by atoms with Gasteiger partial charge in [-0.05, 0) is 30.9 Å². The normalized spacial score (nSPS) is 22.5. The van der Waals surface area contributed by atoms with Crippen LogP contribution in [0.4, 0.5) is 0 Å². The molecular formula is C16H24N2O3. The van der Waals surface area contributed by atoms with Crippen molar-refractivity contribution in [3.8, 4) is 17.2 Å². The molecule has 1 aromatic carbocycles. The van der Waals surface area contributed by atoms with Crippen LogP contribution in [0.5, 0.6) is 17.2 Å². The average molecular weight is 292 g/mol. The topological polar surface area (TPSA) is 76.0 Å². The van der Waals surface area contributed by atoms with E-state index in [-0.39, 0.29) is 17.5 Å². The van der Waals surface area contributed by atoms with Crippen molar-refractivity contribution in [1.82, 2.24) is 10.2 Å². The lowest BCUT2D eigenvalue weighted by Crippen LogP contribution is -2.46. The number of phenols is 3. The first-order valence-electron chi connectivity index (χ1n) is 7.87. The fraction of sp³-hybridized carbons (Fsp3) is 0.625. The van der Waals surface area contributed by atoms with Gasteiger partial charge in [0.1, 0.15) is 0 Å². The van der Waals surface area contributed by atoms with Crippen LogP contribution in [-0.2, 0) is 0 Å². The Kier molecular flexibility index (Phi) is 4.22. The summed E-state index contributed by atoms with van der Waals surface area (Å²) in [6.07, 6.45) is 4.79. The molecule has 0 unspecified atom stereocenters. The number of nitrogens with zero attached hydrogens (tertiary/aromatic N) is 1. The van der Waals surface area contributed by atoms with Gasteiger partial charge >= 0.3 is 0 Å². The summed E-state index contributed by atoms with van der Waals surface area (Å²) in [5, 5.41) is 33.0. The minimum Gasteiger partial charge on any atom is -0.504 e. The second-order valence-corrected chi connectivity index (χ2v) is 6.15. The van der Waals surface area contributed by atoms with Crippen LogP contribution in [-0.4, -0.2) is 46.4 Å². The smallest absolute Gasteiger partial charge is 0.200 e. The van der Waals surface area contributed by atoms with Gasteiger partial charge in [0.05, 0.1) is 0 Å². The van der Waals surface area contributed by atoms with E-state index in [0.717, 1.165) is 44.6 Å². The molecule has 1 saturated carbocycles. The number of hydrogen-bond donors (Lipinski definition) is 4. The van der Waals surface area contributed by atoms with Crippen molar-refractivity contribution < 1.29 is 15.3 Å². The summed E-state index contributed by atoms with van der Waals surface area (Å²) in [6.45, 7) is 3.80. The number of aromatic hydroxyl groups is 3. The van der Waals surface area contributed by atoms with Gasteiger partial charge in [-0.3, -0.25) is 4.90 Å². The molecule has 0 radical (unpaired) electrons. The number of benzene rings is 1. The van der Waals surface area contributed by atoms with E-state index in [2.05, 4.69) is 10.2 Å². The van der Waals surface area contributed by atoms with E-state index in [1.165, 1.54) is 18.9 Å². The molecule has 5 nitrogen and oxygen atoms in total. The quantitative estimate of drug-likeness (QED) is 0.641. The van der Waals surface area contributed by atoms with Crippen LogP contribution in [0, 0.1) is 5.92 Å². The Morgan fingerprint density at radius 1 is 1.00 bits per heavy atom. The molecule has 2 fully saturated rings. The molecule has 4 N–H and O–H groups in total. The third-order valence-corrected chi connectivity index (χ3v) is 4.87. The number of nitrogens with one attached hydrogen (secondary N) is 1. The van der Waals surface area contributed by atoms with Crippen molar-refractivity contribution >= 4 is 0 Å². The van der Waals surface area contributed by atoms with E-state index in [4.69, 9.17) is 0 Å². The summed E-state index contributed by atoms with van der Waals surface area (Å²) in [5.41, 5.74) is 0.749. The Morgan fingerprint density at radius 2 is 1.67 bits per heavy atom. The zero-order valence-corrected chi connectivity index (χ0v) is 12.3. The first-order chi connectivity index (χ1) is 10.2. The van der Waals surface area contributed by atoms with E-state index >= 15 is 0 Å². The fourth-order valence-corrected chi connectivity index (χ4v) is 3.81. The maximum absolute atomic E-state index is 10.3. The lowest BCUT2D eigenvalue weighted by Gasteiger charge is -2.39. The largest absolute Gasteiger partial charge is 0.504 e. The molecule has 1 aliphatic carbocycles. The van der Waals surface area contributed by atoms with Crippen LogP contribution in [0.3, 0.4) is 0 Å². The maximum atomic E-state index is 10.3. The van der Waals surface area contributed by atoms with Gasteiger partial charge in [-0.15, -0.1) is 0 Å². The zero-order chi connectivity index (χ0) is 14.8. The van der Waals surface area contributed by atoms with Crippen LogP contribution in [0.2, 0.25) is 0 Å². The van der Waals surface area contributed by atoms with Crippen LogP contribution in [0.25, 0.3) is 0 Å². The lowest BCUT2D eigenvalue weighted by molar-refractivity contribution is 0.123. The summed E-state index contributed by atoms with van der Waals surface area (Å²) < 4.78 is 0. The monoisotopic (exact) mass is 292 g/mol. The van der Waals surface area contributed by atoms with Crippen molar-refractivity contribution in [2.24, 2.45) is 5.92 Å². The fourth-order valence-electron chi connectivity index (χ4n) is 3.81. The van der Waals surface area contributed by atoms with Crippen molar-refractivity contribution in [2.75, 3.05) is 26.2 Å². The van der Waals surface area contributed by atoms with Crippen LogP contribution in [0.1, 0.15) is 37.3 Å². The Balaban J connectivity index is 1.96. The number of hydrogen-bond acceptors (Lipinski definition) is 5. The molecule has 1 aliphatic heterocycles. The summed E-state index contributed by atoms with van der Waals surface area (Å²) >= 11 is 0. The van der Waals surface area contributed by atoms with E-state index in [0.29, 0.717) is 5.92 Å². The highest BCUT2D eigenvalue weighted by Gasteiger charge is 2.34. The summed E-state index contributed by atoms with van der Waals surface area (Å²) in [7, 11) is 0. The van der Waals surface area contributed by atoms with Gasteiger partial charge in [-0.1, -0.05) is 12.8 Å². The van der Waals surface area contributed by atoms with E-state index in [9.17, 15) is 15.3 Å². The Hall–Kier alpha value is -1.46. The molecule has 1 heterocycles. The third-order valence-electron chi connectivity index (χ3n) is 4.87. The first kappa shape index (κ1) is 14.5. The Morgan fingerprint density at radius 3 is 2.33 bits per heavy atom. The molecule has 21 heavy (non-hydrogen) atoms. The van der Waals surface area contributed by atoms with E-state index in [1.807, 2.05) is 0 Å². The lowest BCUT2D eigenvalue weighted by atomic mass is 9.89. The van der Waals surface area contributed by atoms with Gasteiger partial charge in [0.2, 0.25) is 5.75 Å². The maximum Gasteiger partial charge on any atom is 0.200 e. The second-order valence-electron chi connectivity index (χ2n) is 6.15. The van der Waals surface area contributed by atoms with Crippen LogP contribution < -0.4 is 5.32 Å². The Labute approximate surface area is 125 Å². The van der Waals surface area contributed by atoms with Gasteiger partial charge in [-0.25, -0.2) is 0 Å². The third kappa shape index (κ3) is 2.80. The minimum absolute atomic E-state index is 0.126. The van der Waals surface area contributed by atoms with E-state index in [1.54, 1.807) is 6.07 Å². The predicted molar refractivity (Wildman–Crippen MR) is 80.6 cm³/mol. The van der Waals surface area contributed by atoms with Crippen molar-refractivity contribution in [3.05, 3.63) is 17.7 Å². The molecule has 1 saturated heterocycles. The molecule has 116 valence electrons. The molecule has 0 spiro atoms.